The van der Waals surface area contributed by atoms with Gasteiger partial charge in [0, 0.05) is 10.5 Å². The lowest BCUT2D eigenvalue weighted by atomic mass is 9.99. The number of azide groups is 1. The van der Waals surface area contributed by atoms with Crippen LogP contribution in [-0.4, -0.2) is 19.7 Å². The van der Waals surface area contributed by atoms with Gasteiger partial charge in [-0.1, -0.05) is 11.2 Å². The fourth-order valence-corrected chi connectivity index (χ4v) is 1.80. The van der Waals surface area contributed by atoms with Crippen LogP contribution in [0.4, 0.5) is 0 Å². The molecule has 0 radical (unpaired) electrons. The fraction of sp³-hybridized carbons (Fsp3) is 0.364. The van der Waals surface area contributed by atoms with Gasteiger partial charge in [-0.3, -0.25) is 0 Å². The van der Waals surface area contributed by atoms with E-state index in [1.165, 1.54) is 7.11 Å². The second kappa shape index (κ2) is 4.76. The summed E-state index contributed by atoms with van der Waals surface area (Å²) in [6, 6.07) is 4.76. The van der Waals surface area contributed by atoms with Crippen molar-refractivity contribution in [1.82, 2.24) is 0 Å². The summed E-state index contributed by atoms with van der Waals surface area (Å²) in [5.41, 5.74) is 9.70. The number of carbonyl (C=O) groups is 1. The van der Waals surface area contributed by atoms with E-state index in [0.717, 1.165) is 5.56 Å². The zero-order chi connectivity index (χ0) is 12.3. The summed E-state index contributed by atoms with van der Waals surface area (Å²) in [5, 5.41) is 3.70. The van der Waals surface area contributed by atoms with Crippen LogP contribution < -0.4 is 4.74 Å². The van der Waals surface area contributed by atoms with Gasteiger partial charge in [0.1, 0.15) is 5.75 Å². The molecule has 0 fully saturated rings. The third kappa shape index (κ3) is 2.16. The van der Waals surface area contributed by atoms with Crippen LogP contribution in [0.2, 0.25) is 0 Å². The van der Waals surface area contributed by atoms with E-state index in [1.54, 1.807) is 18.2 Å². The highest BCUT2D eigenvalue weighted by molar-refractivity contribution is 5.90. The number of methoxy groups -OCH3 is 1. The Morgan fingerprint density at radius 1 is 1.65 bits per heavy atom. The highest BCUT2D eigenvalue weighted by atomic mass is 16.5. The first-order chi connectivity index (χ1) is 8.26. The van der Waals surface area contributed by atoms with Crippen LogP contribution in [0.15, 0.2) is 23.3 Å². The Labute approximate surface area is 97.8 Å². The maximum absolute atomic E-state index is 11.3. The summed E-state index contributed by atoms with van der Waals surface area (Å²) in [6.45, 7) is 0.474. The molecule has 17 heavy (non-hydrogen) atoms. The Hall–Kier alpha value is -2.20. The van der Waals surface area contributed by atoms with Crippen LogP contribution in [0, 0.1) is 0 Å². The average Bonchev–Trinajstić information content (AvgIpc) is 2.38. The van der Waals surface area contributed by atoms with Gasteiger partial charge in [-0.2, -0.15) is 0 Å². The lowest BCUT2D eigenvalue weighted by Crippen LogP contribution is -2.13. The van der Waals surface area contributed by atoms with E-state index in [1.807, 2.05) is 0 Å². The van der Waals surface area contributed by atoms with E-state index in [4.69, 9.17) is 10.3 Å². The van der Waals surface area contributed by atoms with Gasteiger partial charge in [-0.25, -0.2) is 4.79 Å². The van der Waals surface area contributed by atoms with Gasteiger partial charge >= 0.3 is 5.97 Å². The second-order valence-electron chi connectivity index (χ2n) is 3.60. The Kier molecular flexibility index (Phi) is 3.16. The molecule has 0 unspecified atom stereocenters. The Morgan fingerprint density at radius 2 is 2.47 bits per heavy atom. The summed E-state index contributed by atoms with van der Waals surface area (Å²) in [6.07, 6.45) is 0.647. The number of rotatable bonds is 2. The molecule has 6 heteroatoms. The smallest absolute Gasteiger partial charge is 0.337 e. The Morgan fingerprint density at radius 3 is 3.18 bits per heavy atom. The molecule has 6 nitrogen and oxygen atoms in total. The number of carbonyl (C=O) groups excluding carboxylic acids is 1. The van der Waals surface area contributed by atoms with E-state index in [2.05, 4.69) is 14.8 Å². The van der Waals surface area contributed by atoms with Gasteiger partial charge in [0.05, 0.1) is 25.3 Å². The topological polar surface area (TPSA) is 84.3 Å². The van der Waals surface area contributed by atoms with E-state index in [-0.39, 0.29) is 6.04 Å². The van der Waals surface area contributed by atoms with Gasteiger partial charge in [-0.05, 0) is 24.1 Å². The van der Waals surface area contributed by atoms with Gasteiger partial charge in [0.25, 0.3) is 0 Å². The molecule has 0 spiro atoms. The van der Waals surface area contributed by atoms with Crippen molar-refractivity contribution in [1.29, 1.82) is 0 Å². The summed E-state index contributed by atoms with van der Waals surface area (Å²) in [7, 11) is 1.32. The maximum atomic E-state index is 11.3. The van der Waals surface area contributed by atoms with Gasteiger partial charge in [0.2, 0.25) is 0 Å². The molecule has 0 bridgehead atoms. The molecule has 1 aromatic carbocycles. The monoisotopic (exact) mass is 233 g/mol. The first-order valence-corrected chi connectivity index (χ1v) is 5.15. The van der Waals surface area contributed by atoms with Crippen molar-refractivity contribution in [3.8, 4) is 5.75 Å². The first-order valence-electron chi connectivity index (χ1n) is 5.15. The molecule has 0 saturated heterocycles. The molecular formula is C11H11N3O3. The minimum atomic E-state index is -0.415. The Balaban J connectivity index is 2.39. The number of esters is 1. The summed E-state index contributed by atoms with van der Waals surface area (Å²) in [5.74, 6) is 0.166. The zero-order valence-electron chi connectivity index (χ0n) is 9.29. The van der Waals surface area contributed by atoms with Gasteiger partial charge < -0.3 is 9.47 Å². The minimum Gasteiger partial charge on any atom is -0.493 e. The van der Waals surface area contributed by atoms with E-state index >= 15 is 0 Å². The molecular weight excluding hydrogens is 222 g/mol. The van der Waals surface area contributed by atoms with E-state index < -0.39 is 5.97 Å². The first kappa shape index (κ1) is 11.3. The fourth-order valence-electron chi connectivity index (χ4n) is 1.80. The predicted molar refractivity (Wildman–Crippen MR) is 59.8 cm³/mol. The second-order valence-corrected chi connectivity index (χ2v) is 3.60. The SMILES string of the molecule is COC(=O)c1ccc2c(c1)OCC[C@H]2N=[N+]=[N-]. The molecule has 0 saturated carbocycles. The van der Waals surface area contributed by atoms with Crippen molar-refractivity contribution < 1.29 is 14.3 Å². The molecule has 0 aromatic heterocycles. The van der Waals surface area contributed by atoms with Crippen LogP contribution in [0.3, 0.4) is 0 Å². The van der Waals surface area contributed by atoms with Gasteiger partial charge in [0.15, 0.2) is 0 Å². The molecule has 1 aliphatic rings. The maximum Gasteiger partial charge on any atom is 0.337 e. The van der Waals surface area contributed by atoms with Crippen molar-refractivity contribution in [2.75, 3.05) is 13.7 Å². The lowest BCUT2D eigenvalue weighted by Gasteiger charge is -2.22. The predicted octanol–water partition coefficient (Wildman–Crippen LogP) is 2.61. The van der Waals surface area contributed by atoms with Crippen LogP contribution in [-0.2, 0) is 4.74 Å². The van der Waals surface area contributed by atoms with Crippen molar-refractivity contribution in [3.63, 3.8) is 0 Å². The van der Waals surface area contributed by atoms with Crippen molar-refractivity contribution in [3.05, 3.63) is 39.8 Å². The summed E-state index contributed by atoms with van der Waals surface area (Å²) >= 11 is 0. The molecule has 1 aliphatic heterocycles. The molecule has 1 atom stereocenters. The number of nitrogens with zero attached hydrogens (tertiary/aromatic N) is 3. The van der Waals surface area contributed by atoms with Crippen LogP contribution in [0.25, 0.3) is 10.4 Å². The molecule has 2 rings (SSSR count). The Bertz CT molecular complexity index is 495. The number of hydrogen-bond acceptors (Lipinski definition) is 4. The molecule has 1 heterocycles. The quantitative estimate of drug-likeness (QED) is 0.340. The van der Waals surface area contributed by atoms with Crippen LogP contribution >= 0.6 is 0 Å². The summed E-state index contributed by atoms with van der Waals surface area (Å²) < 4.78 is 10.1. The number of fused-ring (bicyclic) bond motifs is 1. The third-order valence-electron chi connectivity index (χ3n) is 2.63. The molecule has 0 aliphatic carbocycles. The highest BCUT2D eigenvalue weighted by Crippen LogP contribution is 2.35. The van der Waals surface area contributed by atoms with Crippen LogP contribution in [0.1, 0.15) is 28.4 Å². The van der Waals surface area contributed by atoms with E-state index in [0.29, 0.717) is 24.3 Å². The number of ether oxygens (including phenoxy) is 2. The third-order valence-corrected chi connectivity index (χ3v) is 2.63. The molecule has 1 aromatic rings. The normalized spacial score (nSPS) is 17.4. The average molecular weight is 233 g/mol. The largest absolute Gasteiger partial charge is 0.493 e. The van der Waals surface area contributed by atoms with Crippen molar-refractivity contribution in [2.24, 2.45) is 5.11 Å². The van der Waals surface area contributed by atoms with Crippen molar-refractivity contribution >= 4 is 5.97 Å². The number of hydrogen-bond donors (Lipinski definition) is 0. The molecule has 88 valence electrons. The van der Waals surface area contributed by atoms with E-state index in [9.17, 15) is 4.79 Å². The standard InChI is InChI=1S/C11H11N3O3/c1-16-11(15)7-2-3-8-9(13-14-12)4-5-17-10(8)6-7/h2-3,6,9H,4-5H2,1H3/t9-/m1/s1. The molecule has 0 N–H and O–H groups in total. The summed E-state index contributed by atoms with van der Waals surface area (Å²) in [4.78, 5) is 14.2. The lowest BCUT2D eigenvalue weighted by molar-refractivity contribution is 0.0600. The zero-order valence-corrected chi connectivity index (χ0v) is 9.29. The van der Waals surface area contributed by atoms with Crippen molar-refractivity contribution in [2.45, 2.75) is 12.5 Å². The number of benzene rings is 1. The molecule has 0 amide bonds. The highest BCUT2D eigenvalue weighted by Gasteiger charge is 2.21. The van der Waals surface area contributed by atoms with Crippen LogP contribution in [0.5, 0.6) is 5.75 Å². The van der Waals surface area contributed by atoms with Gasteiger partial charge in [-0.15, -0.1) is 0 Å². The minimum absolute atomic E-state index is 0.226.